The van der Waals surface area contributed by atoms with Crippen LogP contribution >= 0.6 is 0 Å². The molecule has 0 bridgehead atoms. The summed E-state index contributed by atoms with van der Waals surface area (Å²) in [5.41, 5.74) is 8.35. The van der Waals surface area contributed by atoms with Crippen molar-refractivity contribution in [1.82, 2.24) is 10.2 Å². The molecule has 0 aromatic carbocycles. The monoisotopic (exact) mass is 235 g/mol. The van der Waals surface area contributed by atoms with Crippen molar-refractivity contribution in [2.75, 3.05) is 20.1 Å². The van der Waals surface area contributed by atoms with Crippen LogP contribution in [0.5, 0.6) is 0 Å². The first-order chi connectivity index (χ1) is 8.11. The van der Waals surface area contributed by atoms with E-state index in [9.17, 15) is 0 Å². The summed E-state index contributed by atoms with van der Waals surface area (Å²) in [6.45, 7) is 6.82. The highest BCUT2D eigenvalue weighted by atomic mass is 15.2. The molecule has 3 nitrogen and oxygen atoms in total. The molecule has 2 atom stereocenters. The molecule has 1 aliphatic carbocycles. The Morgan fingerprint density at radius 2 is 2.29 bits per heavy atom. The number of rotatable bonds is 3. The van der Waals surface area contributed by atoms with E-state index in [4.69, 9.17) is 5.73 Å². The first-order valence-electron chi connectivity index (χ1n) is 6.70. The highest BCUT2D eigenvalue weighted by Gasteiger charge is 2.32. The van der Waals surface area contributed by atoms with Crippen molar-refractivity contribution in [3.63, 3.8) is 0 Å². The maximum absolute atomic E-state index is 5.94. The number of nitrogens with zero attached hydrogens (tertiary/aromatic N) is 1. The van der Waals surface area contributed by atoms with Gasteiger partial charge in [0.2, 0.25) is 0 Å². The SMILES string of the molecule is CNCC1CC2CC=C(N)C=C2N(C(C)C)C1. The van der Waals surface area contributed by atoms with Crippen molar-refractivity contribution in [3.8, 4) is 0 Å². The fraction of sp³-hybridized carbons (Fsp3) is 0.714. The number of hydrogen-bond acceptors (Lipinski definition) is 3. The first-order valence-corrected chi connectivity index (χ1v) is 6.70. The zero-order chi connectivity index (χ0) is 12.4. The molecule has 0 aromatic rings. The number of allylic oxidation sites excluding steroid dienone is 3. The molecule has 2 aliphatic rings. The lowest BCUT2D eigenvalue weighted by molar-refractivity contribution is 0.149. The summed E-state index contributed by atoms with van der Waals surface area (Å²) in [5.74, 6) is 1.44. The molecular weight excluding hydrogens is 210 g/mol. The van der Waals surface area contributed by atoms with Gasteiger partial charge in [-0.05, 0) is 52.3 Å². The zero-order valence-electron chi connectivity index (χ0n) is 11.2. The summed E-state index contributed by atoms with van der Waals surface area (Å²) in [6, 6.07) is 0.564. The molecule has 3 N–H and O–H groups in total. The number of nitrogens with one attached hydrogen (secondary N) is 1. The molecule has 2 unspecified atom stereocenters. The van der Waals surface area contributed by atoms with Gasteiger partial charge in [0, 0.05) is 29.9 Å². The van der Waals surface area contributed by atoms with E-state index < -0.39 is 0 Å². The van der Waals surface area contributed by atoms with Crippen LogP contribution in [-0.2, 0) is 0 Å². The minimum atomic E-state index is 0.564. The Morgan fingerprint density at radius 1 is 1.53 bits per heavy atom. The Labute approximate surface area is 105 Å². The number of fused-ring (bicyclic) bond motifs is 1. The fourth-order valence-corrected chi connectivity index (χ4v) is 3.09. The van der Waals surface area contributed by atoms with Gasteiger partial charge >= 0.3 is 0 Å². The molecule has 1 aliphatic heterocycles. The third-order valence-corrected chi connectivity index (χ3v) is 3.89. The average molecular weight is 235 g/mol. The Hall–Kier alpha value is -0.960. The van der Waals surface area contributed by atoms with Gasteiger partial charge in [-0.2, -0.15) is 0 Å². The highest BCUT2D eigenvalue weighted by Crippen LogP contribution is 2.36. The van der Waals surface area contributed by atoms with Crippen molar-refractivity contribution >= 4 is 0 Å². The van der Waals surface area contributed by atoms with Crippen molar-refractivity contribution in [2.45, 2.75) is 32.7 Å². The second-order valence-corrected chi connectivity index (χ2v) is 5.61. The van der Waals surface area contributed by atoms with Crippen LogP contribution < -0.4 is 11.1 Å². The van der Waals surface area contributed by atoms with Crippen LogP contribution in [0.3, 0.4) is 0 Å². The molecule has 17 heavy (non-hydrogen) atoms. The molecule has 0 radical (unpaired) electrons. The molecule has 0 aromatic heterocycles. The molecule has 2 rings (SSSR count). The average Bonchev–Trinajstić information content (AvgIpc) is 2.28. The highest BCUT2D eigenvalue weighted by molar-refractivity contribution is 5.28. The lowest BCUT2D eigenvalue weighted by Gasteiger charge is -2.44. The number of piperidine rings is 1. The molecule has 96 valence electrons. The number of likely N-dealkylation sites (tertiary alicyclic amines) is 1. The van der Waals surface area contributed by atoms with E-state index in [1.54, 1.807) is 0 Å². The van der Waals surface area contributed by atoms with Crippen LogP contribution in [0.4, 0.5) is 0 Å². The lowest BCUT2D eigenvalue weighted by Crippen LogP contribution is -2.45. The van der Waals surface area contributed by atoms with Crippen LogP contribution in [0.15, 0.2) is 23.5 Å². The van der Waals surface area contributed by atoms with Gasteiger partial charge in [0.15, 0.2) is 0 Å². The van der Waals surface area contributed by atoms with E-state index in [1.165, 1.54) is 12.1 Å². The summed E-state index contributed by atoms with van der Waals surface area (Å²) in [7, 11) is 2.05. The van der Waals surface area contributed by atoms with Crippen molar-refractivity contribution in [1.29, 1.82) is 0 Å². The second-order valence-electron chi connectivity index (χ2n) is 5.61. The minimum absolute atomic E-state index is 0.564. The summed E-state index contributed by atoms with van der Waals surface area (Å²) in [4.78, 5) is 2.54. The molecule has 0 amide bonds. The van der Waals surface area contributed by atoms with Crippen LogP contribution in [-0.4, -0.2) is 31.1 Å². The first kappa shape index (κ1) is 12.5. The third kappa shape index (κ3) is 2.65. The Bertz CT molecular complexity index is 330. The van der Waals surface area contributed by atoms with Crippen molar-refractivity contribution in [2.24, 2.45) is 17.6 Å². The smallest absolute Gasteiger partial charge is 0.0291 e. The maximum atomic E-state index is 5.94. The van der Waals surface area contributed by atoms with Crippen molar-refractivity contribution < 1.29 is 0 Å². The summed E-state index contributed by atoms with van der Waals surface area (Å²) >= 11 is 0. The quantitative estimate of drug-likeness (QED) is 0.782. The normalized spacial score (nSPS) is 28.8. The van der Waals surface area contributed by atoms with Gasteiger partial charge in [-0.1, -0.05) is 6.08 Å². The van der Waals surface area contributed by atoms with E-state index >= 15 is 0 Å². The van der Waals surface area contributed by atoms with Crippen LogP contribution in [0.25, 0.3) is 0 Å². The summed E-state index contributed by atoms with van der Waals surface area (Å²) in [6.07, 6.45) is 6.76. The second kappa shape index (κ2) is 5.13. The van der Waals surface area contributed by atoms with Crippen LogP contribution in [0.1, 0.15) is 26.7 Å². The minimum Gasteiger partial charge on any atom is -0.399 e. The van der Waals surface area contributed by atoms with Gasteiger partial charge in [0.25, 0.3) is 0 Å². The van der Waals surface area contributed by atoms with E-state index in [-0.39, 0.29) is 0 Å². The molecule has 0 saturated carbocycles. The van der Waals surface area contributed by atoms with Crippen molar-refractivity contribution in [3.05, 3.63) is 23.5 Å². The zero-order valence-corrected chi connectivity index (χ0v) is 11.2. The standard InChI is InChI=1S/C14H25N3/c1-10(2)17-9-11(8-16-3)6-12-4-5-13(15)7-14(12)17/h5,7,10-12,16H,4,6,8-9,15H2,1-3H3. The topological polar surface area (TPSA) is 41.3 Å². The fourth-order valence-electron chi connectivity index (χ4n) is 3.09. The lowest BCUT2D eigenvalue weighted by atomic mass is 9.81. The van der Waals surface area contributed by atoms with Gasteiger partial charge in [-0.25, -0.2) is 0 Å². The predicted octanol–water partition coefficient (Wildman–Crippen LogP) is 1.68. The summed E-state index contributed by atoms with van der Waals surface area (Å²) < 4.78 is 0. The largest absolute Gasteiger partial charge is 0.399 e. The van der Waals surface area contributed by atoms with E-state index in [1.807, 2.05) is 7.05 Å². The molecule has 1 fully saturated rings. The Kier molecular flexibility index (Phi) is 3.77. The van der Waals surface area contributed by atoms with Gasteiger partial charge in [0.05, 0.1) is 0 Å². The van der Waals surface area contributed by atoms with E-state index in [0.717, 1.165) is 31.1 Å². The van der Waals surface area contributed by atoms with Gasteiger partial charge in [-0.3, -0.25) is 0 Å². The Balaban J connectivity index is 2.17. The number of nitrogens with two attached hydrogens (primary N) is 1. The van der Waals surface area contributed by atoms with Gasteiger partial charge < -0.3 is 16.0 Å². The van der Waals surface area contributed by atoms with Gasteiger partial charge in [-0.15, -0.1) is 0 Å². The summed E-state index contributed by atoms with van der Waals surface area (Å²) in [5, 5.41) is 3.31. The molecule has 0 spiro atoms. The Morgan fingerprint density at radius 3 is 2.94 bits per heavy atom. The maximum Gasteiger partial charge on any atom is 0.0291 e. The van der Waals surface area contributed by atoms with Crippen LogP contribution in [0, 0.1) is 11.8 Å². The number of hydrogen-bond donors (Lipinski definition) is 2. The van der Waals surface area contributed by atoms with Crippen LogP contribution in [0.2, 0.25) is 0 Å². The molecule has 1 heterocycles. The molecule has 1 saturated heterocycles. The molecule has 3 heteroatoms. The van der Waals surface area contributed by atoms with Gasteiger partial charge in [0.1, 0.15) is 0 Å². The molecular formula is C14H25N3. The predicted molar refractivity (Wildman–Crippen MR) is 72.3 cm³/mol. The van der Waals surface area contributed by atoms with E-state index in [2.05, 4.69) is 36.2 Å². The third-order valence-electron chi connectivity index (χ3n) is 3.89. The van der Waals surface area contributed by atoms with E-state index in [0.29, 0.717) is 12.0 Å².